The third-order valence-corrected chi connectivity index (χ3v) is 4.04. The van der Waals surface area contributed by atoms with Crippen LogP contribution >= 0.6 is 0 Å². The molecule has 1 N–H and O–H groups in total. The van der Waals surface area contributed by atoms with Gasteiger partial charge in [-0.25, -0.2) is 0 Å². The van der Waals surface area contributed by atoms with Crippen LogP contribution < -0.4 is 10.2 Å². The number of hydrogen-bond donors (Lipinski definition) is 1. The van der Waals surface area contributed by atoms with Gasteiger partial charge in [-0.3, -0.25) is 4.98 Å². The maximum Gasteiger partial charge on any atom is 0.0595 e. The summed E-state index contributed by atoms with van der Waals surface area (Å²) in [4.78, 5) is 6.60. The number of aromatic nitrogens is 1. The number of pyridine rings is 1. The normalized spacial score (nSPS) is 14.1. The van der Waals surface area contributed by atoms with Gasteiger partial charge in [-0.2, -0.15) is 0 Å². The Morgan fingerprint density at radius 2 is 2.00 bits per heavy atom. The summed E-state index contributed by atoms with van der Waals surface area (Å²) < 4.78 is 0. The maximum absolute atomic E-state index is 4.29. The van der Waals surface area contributed by atoms with Crippen LogP contribution in [0.15, 0.2) is 48.8 Å². The molecule has 0 bridgehead atoms. The van der Waals surface area contributed by atoms with E-state index in [1.165, 1.54) is 29.7 Å². The molecule has 1 aromatic heterocycles. The molecule has 0 aliphatic heterocycles. The van der Waals surface area contributed by atoms with Crippen LogP contribution in [0.1, 0.15) is 24.0 Å². The van der Waals surface area contributed by atoms with Crippen molar-refractivity contribution >= 4 is 5.69 Å². The Hall–Kier alpha value is -1.87. The Labute approximate surface area is 127 Å². The van der Waals surface area contributed by atoms with Crippen LogP contribution in [0.25, 0.3) is 0 Å². The number of nitrogens with zero attached hydrogens (tertiary/aromatic N) is 2. The zero-order chi connectivity index (χ0) is 14.5. The number of anilines is 1. The zero-order valence-corrected chi connectivity index (χ0v) is 12.6. The van der Waals surface area contributed by atoms with Gasteiger partial charge >= 0.3 is 0 Å². The van der Waals surface area contributed by atoms with E-state index in [-0.39, 0.29) is 0 Å². The summed E-state index contributed by atoms with van der Waals surface area (Å²) in [5.74, 6) is 0. The van der Waals surface area contributed by atoms with Crippen molar-refractivity contribution in [3.05, 3.63) is 59.9 Å². The molecular formula is C18H23N3. The van der Waals surface area contributed by atoms with Crippen LogP contribution in [0, 0.1) is 0 Å². The molecule has 1 fully saturated rings. The predicted octanol–water partition coefficient (Wildman–Crippen LogP) is 3.01. The maximum atomic E-state index is 4.29. The molecule has 1 saturated carbocycles. The lowest BCUT2D eigenvalue weighted by atomic mass is 10.1. The molecule has 1 aromatic carbocycles. The highest BCUT2D eigenvalue weighted by Gasteiger charge is 2.20. The minimum Gasteiger partial charge on any atom is -0.373 e. The second kappa shape index (κ2) is 6.72. The van der Waals surface area contributed by atoms with Gasteiger partial charge in [-0.15, -0.1) is 0 Å². The van der Waals surface area contributed by atoms with Crippen molar-refractivity contribution in [2.45, 2.75) is 31.8 Å². The lowest BCUT2D eigenvalue weighted by Gasteiger charge is -2.22. The molecule has 21 heavy (non-hydrogen) atoms. The summed E-state index contributed by atoms with van der Waals surface area (Å²) in [5.41, 5.74) is 3.96. The van der Waals surface area contributed by atoms with Gasteiger partial charge in [0.2, 0.25) is 0 Å². The fourth-order valence-electron chi connectivity index (χ4n) is 2.51. The minimum absolute atomic E-state index is 0.737. The van der Waals surface area contributed by atoms with E-state index in [1.54, 1.807) is 0 Å². The van der Waals surface area contributed by atoms with E-state index >= 15 is 0 Å². The van der Waals surface area contributed by atoms with Crippen molar-refractivity contribution < 1.29 is 0 Å². The Kier molecular flexibility index (Phi) is 4.51. The summed E-state index contributed by atoms with van der Waals surface area (Å²) in [6, 6.07) is 13.5. The first kappa shape index (κ1) is 14.1. The molecule has 0 radical (unpaired) electrons. The number of rotatable bonds is 7. The molecule has 110 valence electrons. The highest BCUT2D eigenvalue weighted by molar-refractivity contribution is 5.51. The van der Waals surface area contributed by atoms with Crippen LogP contribution in [0.3, 0.4) is 0 Å². The van der Waals surface area contributed by atoms with Gasteiger partial charge in [0, 0.05) is 32.4 Å². The molecule has 0 saturated heterocycles. The summed E-state index contributed by atoms with van der Waals surface area (Å²) in [7, 11) is 2.15. The summed E-state index contributed by atoms with van der Waals surface area (Å²) in [5, 5.41) is 3.59. The Morgan fingerprint density at radius 3 is 2.76 bits per heavy atom. The van der Waals surface area contributed by atoms with Crippen LogP contribution in [0.2, 0.25) is 0 Å². The Balaban J connectivity index is 1.61. The third kappa shape index (κ3) is 4.05. The summed E-state index contributed by atoms with van der Waals surface area (Å²) in [6.45, 7) is 1.95. The topological polar surface area (TPSA) is 28.2 Å². The predicted molar refractivity (Wildman–Crippen MR) is 87.5 cm³/mol. The van der Waals surface area contributed by atoms with Crippen LogP contribution in [0.4, 0.5) is 5.69 Å². The smallest absolute Gasteiger partial charge is 0.0595 e. The average molecular weight is 281 g/mol. The molecule has 3 nitrogen and oxygen atoms in total. The number of benzene rings is 1. The molecule has 1 aliphatic rings. The van der Waals surface area contributed by atoms with Crippen LogP contribution in [-0.2, 0) is 13.0 Å². The van der Waals surface area contributed by atoms with Crippen molar-refractivity contribution in [2.24, 2.45) is 0 Å². The first-order valence-corrected chi connectivity index (χ1v) is 7.74. The molecule has 0 amide bonds. The Morgan fingerprint density at radius 1 is 1.19 bits per heavy atom. The number of likely N-dealkylation sites (N-methyl/N-ethyl adjacent to an activating group) is 1. The number of nitrogens with one attached hydrogen (secondary N) is 1. The lowest BCUT2D eigenvalue weighted by Crippen LogP contribution is -2.24. The first-order chi connectivity index (χ1) is 10.3. The number of hydrogen-bond acceptors (Lipinski definition) is 3. The Bertz CT molecular complexity index is 564. The van der Waals surface area contributed by atoms with Gasteiger partial charge in [-0.05, 0) is 36.5 Å². The molecule has 3 rings (SSSR count). The van der Waals surface area contributed by atoms with Gasteiger partial charge in [0.15, 0.2) is 0 Å². The van der Waals surface area contributed by atoms with Crippen LogP contribution in [0.5, 0.6) is 0 Å². The van der Waals surface area contributed by atoms with Crippen molar-refractivity contribution in [1.29, 1.82) is 0 Å². The lowest BCUT2D eigenvalue weighted by molar-refractivity contribution is 0.684. The second-order valence-corrected chi connectivity index (χ2v) is 5.82. The highest BCUT2D eigenvalue weighted by Crippen LogP contribution is 2.22. The van der Waals surface area contributed by atoms with Gasteiger partial charge < -0.3 is 10.2 Å². The standard InChI is InChI=1S/C18H23N3/c1-21(12-10-15-5-3-2-4-6-15)18-14-19-11-9-16(18)13-20-17-7-8-17/h2-6,9,11,14,17,20H,7-8,10,12-13H2,1H3. The summed E-state index contributed by atoms with van der Waals surface area (Å²) >= 11 is 0. The van der Waals surface area contributed by atoms with Crippen molar-refractivity contribution in [3.8, 4) is 0 Å². The molecule has 0 spiro atoms. The van der Waals surface area contributed by atoms with Gasteiger partial charge in [0.1, 0.15) is 0 Å². The average Bonchev–Trinajstić information content (AvgIpc) is 3.36. The monoisotopic (exact) mass is 281 g/mol. The van der Waals surface area contributed by atoms with Crippen molar-refractivity contribution in [2.75, 3.05) is 18.5 Å². The molecule has 2 aromatic rings. The van der Waals surface area contributed by atoms with E-state index in [9.17, 15) is 0 Å². The van der Waals surface area contributed by atoms with E-state index in [4.69, 9.17) is 0 Å². The zero-order valence-electron chi connectivity index (χ0n) is 12.6. The molecule has 0 unspecified atom stereocenters. The van der Waals surface area contributed by atoms with Crippen molar-refractivity contribution in [1.82, 2.24) is 10.3 Å². The quantitative estimate of drug-likeness (QED) is 0.845. The van der Waals surface area contributed by atoms with Crippen molar-refractivity contribution in [3.63, 3.8) is 0 Å². The molecule has 0 atom stereocenters. The molecular weight excluding hydrogens is 258 g/mol. The van der Waals surface area contributed by atoms with E-state index in [0.717, 1.165) is 25.6 Å². The van der Waals surface area contributed by atoms with Gasteiger partial charge in [0.25, 0.3) is 0 Å². The van der Waals surface area contributed by atoms with Gasteiger partial charge in [0.05, 0.1) is 11.9 Å². The van der Waals surface area contributed by atoms with E-state index < -0.39 is 0 Å². The molecule has 3 heteroatoms. The van der Waals surface area contributed by atoms with Gasteiger partial charge in [-0.1, -0.05) is 30.3 Å². The summed E-state index contributed by atoms with van der Waals surface area (Å²) in [6.07, 6.45) is 7.57. The highest BCUT2D eigenvalue weighted by atomic mass is 15.1. The SMILES string of the molecule is CN(CCc1ccccc1)c1cnccc1CNC1CC1. The fraction of sp³-hybridized carbons (Fsp3) is 0.389. The second-order valence-electron chi connectivity index (χ2n) is 5.82. The molecule has 1 aliphatic carbocycles. The first-order valence-electron chi connectivity index (χ1n) is 7.74. The van der Waals surface area contributed by atoms with E-state index in [0.29, 0.717) is 0 Å². The third-order valence-electron chi connectivity index (χ3n) is 4.04. The van der Waals surface area contributed by atoms with E-state index in [2.05, 4.69) is 58.6 Å². The van der Waals surface area contributed by atoms with Crippen LogP contribution in [-0.4, -0.2) is 24.6 Å². The largest absolute Gasteiger partial charge is 0.373 e. The fourth-order valence-corrected chi connectivity index (χ4v) is 2.51. The molecule has 1 heterocycles. The minimum atomic E-state index is 0.737. The van der Waals surface area contributed by atoms with E-state index in [1.807, 2.05) is 12.4 Å².